The number of amides is 1. The molecular weight excluding hydrogens is 224 g/mol. The van der Waals surface area contributed by atoms with Crippen LogP contribution in [-0.4, -0.2) is 42.6 Å². The first-order chi connectivity index (χ1) is 7.52. The topological polar surface area (TPSA) is 55.6 Å². The highest BCUT2D eigenvalue weighted by molar-refractivity contribution is 7.80. The maximum atomic E-state index is 12.0. The third-order valence-electron chi connectivity index (χ3n) is 2.92. The van der Waals surface area contributed by atoms with Gasteiger partial charge in [0.2, 0.25) is 5.91 Å². The zero-order chi connectivity index (χ0) is 12.1. The van der Waals surface area contributed by atoms with Crippen LogP contribution in [-0.2, 0) is 9.53 Å². The lowest BCUT2D eigenvalue weighted by Crippen LogP contribution is -2.41. The summed E-state index contributed by atoms with van der Waals surface area (Å²) in [6, 6.07) is 0. The highest BCUT2D eigenvalue weighted by atomic mass is 32.1. The van der Waals surface area contributed by atoms with Crippen molar-refractivity contribution in [2.24, 2.45) is 17.6 Å². The molecule has 2 atom stereocenters. The van der Waals surface area contributed by atoms with Crippen LogP contribution in [0, 0.1) is 11.8 Å². The molecule has 16 heavy (non-hydrogen) atoms. The van der Waals surface area contributed by atoms with Crippen LogP contribution >= 0.6 is 12.2 Å². The van der Waals surface area contributed by atoms with Crippen LogP contribution in [0.3, 0.4) is 0 Å². The lowest BCUT2D eigenvalue weighted by molar-refractivity contribution is -0.138. The number of carbonyl (C=O) groups is 1. The molecule has 1 saturated heterocycles. The number of nitrogens with two attached hydrogens (primary N) is 1. The third-order valence-corrected chi connectivity index (χ3v) is 3.32. The Morgan fingerprint density at radius 1 is 1.69 bits per heavy atom. The van der Waals surface area contributed by atoms with Gasteiger partial charge in [-0.2, -0.15) is 0 Å². The smallest absolute Gasteiger partial charge is 0.227 e. The van der Waals surface area contributed by atoms with E-state index in [0.717, 1.165) is 19.4 Å². The van der Waals surface area contributed by atoms with Crippen LogP contribution in [0.25, 0.3) is 0 Å². The van der Waals surface area contributed by atoms with Gasteiger partial charge in [-0.3, -0.25) is 4.79 Å². The molecule has 2 unspecified atom stereocenters. The van der Waals surface area contributed by atoms with Gasteiger partial charge >= 0.3 is 0 Å². The normalized spacial score (nSPS) is 22.5. The van der Waals surface area contributed by atoms with E-state index in [1.54, 1.807) is 11.9 Å². The number of rotatable bonds is 4. The van der Waals surface area contributed by atoms with Crippen molar-refractivity contribution >= 4 is 23.1 Å². The summed E-state index contributed by atoms with van der Waals surface area (Å²) >= 11 is 4.89. The van der Waals surface area contributed by atoms with Gasteiger partial charge < -0.3 is 15.4 Å². The predicted molar refractivity (Wildman–Crippen MR) is 67.1 cm³/mol. The van der Waals surface area contributed by atoms with E-state index < -0.39 is 0 Å². The van der Waals surface area contributed by atoms with Gasteiger partial charge in [-0.15, -0.1) is 0 Å². The van der Waals surface area contributed by atoms with Gasteiger partial charge in [-0.25, -0.2) is 0 Å². The fourth-order valence-electron chi connectivity index (χ4n) is 1.84. The van der Waals surface area contributed by atoms with Crippen LogP contribution in [0.1, 0.15) is 19.8 Å². The van der Waals surface area contributed by atoms with Crippen molar-refractivity contribution in [3.8, 4) is 0 Å². The lowest BCUT2D eigenvalue weighted by Gasteiger charge is -2.28. The van der Waals surface area contributed by atoms with Gasteiger partial charge in [-0.1, -0.05) is 19.1 Å². The molecular formula is C11H20N2O2S. The molecule has 4 nitrogen and oxygen atoms in total. The minimum atomic E-state index is 0.0114. The van der Waals surface area contributed by atoms with Crippen molar-refractivity contribution < 1.29 is 9.53 Å². The average Bonchev–Trinajstić information content (AvgIpc) is 2.28. The van der Waals surface area contributed by atoms with Crippen LogP contribution in [0.15, 0.2) is 0 Å². The van der Waals surface area contributed by atoms with Gasteiger partial charge in [0.15, 0.2) is 0 Å². The van der Waals surface area contributed by atoms with Crippen molar-refractivity contribution in [3.63, 3.8) is 0 Å². The highest BCUT2D eigenvalue weighted by Crippen LogP contribution is 2.16. The second-order valence-electron chi connectivity index (χ2n) is 4.44. The molecule has 1 aliphatic rings. The van der Waals surface area contributed by atoms with Crippen molar-refractivity contribution in [1.29, 1.82) is 0 Å². The predicted octanol–water partition coefficient (Wildman–Crippen LogP) is 0.794. The molecule has 0 aliphatic carbocycles. The Hall–Kier alpha value is -0.680. The third kappa shape index (κ3) is 3.72. The maximum absolute atomic E-state index is 12.0. The fourth-order valence-corrected chi connectivity index (χ4v) is 1.91. The fraction of sp³-hybridized carbons (Fsp3) is 0.818. The largest absolute Gasteiger partial charge is 0.393 e. The van der Waals surface area contributed by atoms with E-state index in [-0.39, 0.29) is 17.7 Å². The zero-order valence-electron chi connectivity index (χ0n) is 9.94. The van der Waals surface area contributed by atoms with Gasteiger partial charge in [0, 0.05) is 26.1 Å². The number of nitrogens with zero attached hydrogens (tertiary/aromatic N) is 1. The number of carbonyl (C=O) groups excluding carboxylic acids is 1. The van der Waals surface area contributed by atoms with E-state index in [2.05, 4.69) is 0 Å². The molecule has 0 aromatic carbocycles. The number of hydrogen-bond donors (Lipinski definition) is 1. The summed E-state index contributed by atoms with van der Waals surface area (Å²) in [5, 5.41) is 0. The molecule has 2 N–H and O–H groups in total. The summed E-state index contributed by atoms with van der Waals surface area (Å²) < 4.78 is 5.31. The Morgan fingerprint density at radius 3 is 2.88 bits per heavy atom. The number of ether oxygens (including phenoxy) is 1. The van der Waals surface area contributed by atoms with Crippen molar-refractivity contribution in [2.75, 3.05) is 26.8 Å². The SMILES string of the molecule is CC(CN(C)C(=O)C1CCCOC1)C(N)=S. The summed E-state index contributed by atoms with van der Waals surface area (Å²) in [7, 11) is 1.80. The van der Waals surface area contributed by atoms with E-state index in [4.69, 9.17) is 22.7 Å². The Kier molecular flexibility index (Phi) is 5.15. The van der Waals surface area contributed by atoms with Gasteiger partial charge in [0.05, 0.1) is 17.5 Å². The van der Waals surface area contributed by atoms with Gasteiger partial charge in [0.25, 0.3) is 0 Å². The maximum Gasteiger partial charge on any atom is 0.227 e. The quantitative estimate of drug-likeness (QED) is 0.743. The molecule has 0 radical (unpaired) electrons. The van der Waals surface area contributed by atoms with E-state index in [1.807, 2.05) is 6.92 Å². The van der Waals surface area contributed by atoms with Crippen LogP contribution < -0.4 is 5.73 Å². The van der Waals surface area contributed by atoms with E-state index >= 15 is 0 Å². The van der Waals surface area contributed by atoms with Crippen LogP contribution in [0.4, 0.5) is 0 Å². The van der Waals surface area contributed by atoms with E-state index in [9.17, 15) is 4.79 Å². The van der Waals surface area contributed by atoms with Gasteiger partial charge in [-0.05, 0) is 12.8 Å². The van der Waals surface area contributed by atoms with E-state index in [1.165, 1.54) is 0 Å². The zero-order valence-corrected chi connectivity index (χ0v) is 10.8. The minimum Gasteiger partial charge on any atom is -0.393 e. The molecule has 1 rings (SSSR count). The minimum absolute atomic E-state index is 0.0114. The average molecular weight is 244 g/mol. The molecule has 0 spiro atoms. The monoisotopic (exact) mass is 244 g/mol. The molecule has 0 aromatic rings. The standard InChI is InChI=1S/C11H20N2O2S/c1-8(10(12)16)6-13(2)11(14)9-4-3-5-15-7-9/h8-9H,3-7H2,1-2H3,(H2,12,16). The molecule has 0 aromatic heterocycles. The first kappa shape index (κ1) is 13.4. The second-order valence-corrected chi connectivity index (χ2v) is 4.91. The molecule has 1 aliphatic heterocycles. The lowest BCUT2D eigenvalue weighted by atomic mass is 10.0. The molecule has 0 saturated carbocycles. The van der Waals surface area contributed by atoms with Crippen molar-refractivity contribution in [2.45, 2.75) is 19.8 Å². The molecule has 1 amide bonds. The first-order valence-electron chi connectivity index (χ1n) is 5.64. The van der Waals surface area contributed by atoms with Gasteiger partial charge in [0.1, 0.15) is 0 Å². The summed E-state index contributed by atoms with van der Waals surface area (Å²) in [5.41, 5.74) is 5.53. The Labute approximate surface area is 102 Å². The van der Waals surface area contributed by atoms with E-state index in [0.29, 0.717) is 18.1 Å². The van der Waals surface area contributed by atoms with Crippen molar-refractivity contribution in [1.82, 2.24) is 4.90 Å². The molecule has 5 heteroatoms. The summed E-state index contributed by atoms with van der Waals surface area (Å²) in [6.07, 6.45) is 1.89. The Balaban J connectivity index is 2.43. The number of hydrogen-bond acceptors (Lipinski definition) is 3. The van der Waals surface area contributed by atoms with Crippen LogP contribution in [0.5, 0.6) is 0 Å². The molecule has 1 fully saturated rings. The molecule has 0 bridgehead atoms. The summed E-state index contributed by atoms with van der Waals surface area (Å²) in [4.78, 5) is 14.2. The second kappa shape index (κ2) is 6.15. The summed E-state index contributed by atoms with van der Waals surface area (Å²) in [6.45, 7) is 3.84. The first-order valence-corrected chi connectivity index (χ1v) is 6.05. The molecule has 1 heterocycles. The Bertz CT molecular complexity index is 265. The molecule has 92 valence electrons. The number of thiocarbonyl (C=S) groups is 1. The Morgan fingerprint density at radius 2 is 2.38 bits per heavy atom. The van der Waals surface area contributed by atoms with Crippen molar-refractivity contribution in [3.05, 3.63) is 0 Å². The van der Waals surface area contributed by atoms with Crippen LogP contribution in [0.2, 0.25) is 0 Å². The summed E-state index contributed by atoms with van der Waals surface area (Å²) in [5.74, 6) is 0.216. The highest BCUT2D eigenvalue weighted by Gasteiger charge is 2.25.